The summed E-state index contributed by atoms with van der Waals surface area (Å²) < 4.78 is 13.0. The number of benzene rings is 2. The minimum Gasteiger partial charge on any atom is -0.356 e. The average Bonchev–Trinajstić information content (AvgIpc) is 3.41. The second kappa shape index (κ2) is 8.26. The fraction of sp³-hybridized carbons (Fsp3) is 0.381. The first-order valence-electron chi connectivity index (χ1n) is 8.89. The zero-order chi connectivity index (χ0) is 17.6. The van der Waals surface area contributed by atoms with Crippen LogP contribution in [0.3, 0.4) is 0 Å². The average molecular weight is 340 g/mol. The van der Waals surface area contributed by atoms with Gasteiger partial charge in [-0.1, -0.05) is 42.5 Å². The third kappa shape index (κ3) is 5.13. The minimum atomic E-state index is -0.231. The number of amides is 1. The largest absolute Gasteiger partial charge is 0.356 e. The molecule has 2 aromatic carbocycles. The number of hydrogen-bond acceptors (Lipinski definition) is 2. The van der Waals surface area contributed by atoms with Gasteiger partial charge in [-0.15, -0.1) is 0 Å². The van der Waals surface area contributed by atoms with Crippen molar-refractivity contribution in [1.29, 1.82) is 0 Å². The molecule has 1 N–H and O–H groups in total. The van der Waals surface area contributed by atoms with Crippen LogP contribution in [0.1, 0.15) is 29.9 Å². The van der Waals surface area contributed by atoms with Crippen LogP contribution >= 0.6 is 0 Å². The topological polar surface area (TPSA) is 32.3 Å². The molecular weight excluding hydrogens is 315 g/mol. The molecule has 1 aliphatic rings. The van der Waals surface area contributed by atoms with E-state index >= 15 is 0 Å². The maximum absolute atomic E-state index is 13.0. The predicted molar refractivity (Wildman–Crippen MR) is 97.7 cm³/mol. The Morgan fingerprint density at radius 1 is 1.16 bits per heavy atom. The van der Waals surface area contributed by atoms with E-state index in [-0.39, 0.29) is 23.6 Å². The van der Waals surface area contributed by atoms with E-state index in [9.17, 15) is 9.18 Å². The van der Waals surface area contributed by atoms with Gasteiger partial charge in [0.1, 0.15) is 5.82 Å². The Balaban J connectivity index is 1.33. The summed E-state index contributed by atoms with van der Waals surface area (Å²) in [6.45, 7) is 2.57. The van der Waals surface area contributed by atoms with Crippen molar-refractivity contribution in [3.63, 3.8) is 0 Å². The van der Waals surface area contributed by atoms with Crippen molar-refractivity contribution >= 4 is 5.91 Å². The van der Waals surface area contributed by atoms with Crippen molar-refractivity contribution in [2.24, 2.45) is 5.92 Å². The molecule has 2 atom stereocenters. The zero-order valence-electron chi connectivity index (χ0n) is 14.6. The maximum atomic E-state index is 13.0. The van der Waals surface area contributed by atoms with Crippen LogP contribution in [0, 0.1) is 11.7 Å². The van der Waals surface area contributed by atoms with Gasteiger partial charge in [-0.25, -0.2) is 4.39 Å². The molecule has 0 radical (unpaired) electrons. The van der Waals surface area contributed by atoms with E-state index in [0.29, 0.717) is 6.54 Å². The van der Waals surface area contributed by atoms with Crippen LogP contribution in [0.5, 0.6) is 0 Å². The quantitative estimate of drug-likeness (QED) is 0.745. The van der Waals surface area contributed by atoms with Crippen molar-refractivity contribution < 1.29 is 9.18 Å². The Kier molecular flexibility index (Phi) is 5.82. The lowest BCUT2D eigenvalue weighted by molar-refractivity contribution is -0.122. The Morgan fingerprint density at radius 3 is 2.60 bits per heavy atom. The number of carbonyl (C=O) groups excluding carboxylic acids is 1. The molecule has 4 heteroatoms. The third-order valence-electron chi connectivity index (χ3n) is 4.74. The summed E-state index contributed by atoms with van der Waals surface area (Å²) in [6.07, 6.45) is 1.80. The third-order valence-corrected chi connectivity index (χ3v) is 4.74. The number of hydrogen-bond donors (Lipinski definition) is 1. The van der Waals surface area contributed by atoms with Gasteiger partial charge in [0.25, 0.3) is 0 Å². The summed E-state index contributed by atoms with van der Waals surface area (Å²) in [5, 5.41) is 3.04. The smallest absolute Gasteiger partial charge is 0.223 e. The number of halogens is 1. The lowest BCUT2D eigenvalue weighted by Crippen LogP contribution is -2.29. The summed E-state index contributed by atoms with van der Waals surface area (Å²) in [5.74, 6) is 0.193. The van der Waals surface area contributed by atoms with Gasteiger partial charge in [0, 0.05) is 19.0 Å². The summed E-state index contributed by atoms with van der Waals surface area (Å²) in [4.78, 5) is 14.5. The van der Waals surface area contributed by atoms with E-state index in [0.717, 1.165) is 31.5 Å². The Hall–Kier alpha value is -2.20. The van der Waals surface area contributed by atoms with E-state index in [1.807, 2.05) is 6.07 Å². The molecule has 0 aliphatic heterocycles. The van der Waals surface area contributed by atoms with Crippen LogP contribution in [0.25, 0.3) is 0 Å². The number of rotatable bonds is 8. The van der Waals surface area contributed by atoms with Gasteiger partial charge < -0.3 is 10.2 Å². The van der Waals surface area contributed by atoms with E-state index < -0.39 is 0 Å². The van der Waals surface area contributed by atoms with Crippen LogP contribution in [0.15, 0.2) is 54.6 Å². The standard InChI is InChI=1S/C21H25FN2O/c1-24(15-16-6-3-2-4-7-16)13-5-12-23-21(25)20-14-19(20)17-8-10-18(22)11-9-17/h2-4,6-11,19-20H,5,12-15H2,1H3,(H,23,25). The maximum Gasteiger partial charge on any atom is 0.223 e. The molecule has 0 saturated heterocycles. The lowest BCUT2D eigenvalue weighted by Gasteiger charge is -2.16. The molecule has 132 valence electrons. The molecule has 1 aliphatic carbocycles. The Bertz CT molecular complexity index is 687. The summed E-state index contributed by atoms with van der Waals surface area (Å²) in [6, 6.07) is 16.9. The van der Waals surface area contributed by atoms with Crippen molar-refractivity contribution in [2.45, 2.75) is 25.3 Å². The van der Waals surface area contributed by atoms with Crippen molar-refractivity contribution in [3.8, 4) is 0 Å². The van der Waals surface area contributed by atoms with Crippen LogP contribution < -0.4 is 5.32 Å². The van der Waals surface area contributed by atoms with E-state index in [4.69, 9.17) is 0 Å². The molecular formula is C21H25FN2O. The van der Waals surface area contributed by atoms with E-state index in [2.05, 4.69) is 41.5 Å². The highest BCUT2D eigenvalue weighted by atomic mass is 19.1. The highest BCUT2D eigenvalue weighted by molar-refractivity contribution is 5.82. The fourth-order valence-corrected chi connectivity index (χ4v) is 3.23. The second-order valence-corrected chi connectivity index (χ2v) is 6.87. The van der Waals surface area contributed by atoms with Gasteiger partial charge in [-0.2, -0.15) is 0 Å². The van der Waals surface area contributed by atoms with Crippen LogP contribution in [-0.4, -0.2) is 30.9 Å². The van der Waals surface area contributed by atoms with Gasteiger partial charge in [0.2, 0.25) is 5.91 Å². The molecule has 2 aromatic rings. The highest BCUT2D eigenvalue weighted by Crippen LogP contribution is 2.47. The second-order valence-electron chi connectivity index (χ2n) is 6.87. The first kappa shape index (κ1) is 17.6. The zero-order valence-corrected chi connectivity index (χ0v) is 14.6. The van der Waals surface area contributed by atoms with Crippen molar-refractivity contribution in [2.75, 3.05) is 20.1 Å². The number of nitrogens with one attached hydrogen (secondary N) is 1. The first-order valence-corrected chi connectivity index (χ1v) is 8.89. The van der Waals surface area contributed by atoms with Crippen LogP contribution in [-0.2, 0) is 11.3 Å². The predicted octanol–water partition coefficient (Wildman–Crippen LogP) is 3.57. The molecule has 0 aromatic heterocycles. The van der Waals surface area contributed by atoms with Gasteiger partial charge in [0.05, 0.1) is 0 Å². The summed E-state index contributed by atoms with van der Waals surface area (Å²) >= 11 is 0. The van der Waals surface area contributed by atoms with Crippen molar-refractivity contribution in [3.05, 3.63) is 71.5 Å². The summed E-state index contributed by atoms with van der Waals surface area (Å²) in [7, 11) is 2.10. The SMILES string of the molecule is CN(CCCNC(=O)C1CC1c1ccc(F)cc1)Cc1ccccc1. The van der Waals surface area contributed by atoms with E-state index in [1.54, 1.807) is 12.1 Å². The molecule has 1 saturated carbocycles. The number of nitrogens with zero attached hydrogens (tertiary/aromatic N) is 1. The molecule has 25 heavy (non-hydrogen) atoms. The summed E-state index contributed by atoms with van der Waals surface area (Å²) in [5.41, 5.74) is 2.36. The molecule has 3 nitrogen and oxygen atoms in total. The molecule has 1 amide bonds. The van der Waals surface area contributed by atoms with E-state index in [1.165, 1.54) is 17.7 Å². The number of carbonyl (C=O) groups is 1. The highest BCUT2D eigenvalue weighted by Gasteiger charge is 2.43. The fourth-order valence-electron chi connectivity index (χ4n) is 3.23. The van der Waals surface area contributed by atoms with Gasteiger partial charge in [0.15, 0.2) is 0 Å². The Morgan fingerprint density at radius 2 is 1.88 bits per heavy atom. The van der Waals surface area contributed by atoms with Crippen LogP contribution in [0.2, 0.25) is 0 Å². The normalized spacial score (nSPS) is 19.0. The molecule has 1 fully saturated rings. The van der Waals surface area contributed by atoms with Crippen LogP contribution in [0.4, 0.5) is 4.39 Å². The van der Waals surface area contributed by atoms with Gasteiger partial charge in [-0.05, 0) is 55.6 Å². The Labute approximate surface area is 148 Å². The molecule has 3 rings (SSSR count). The first-order chi connectivity index (χ1) is 12.1. The monoisotopic (exact) mass is 340 g/mol. The van der Waals surface area contributed by atoms with Gasteiger partial charge >= 0.3 is 0 Å². The minimum absolute atomic E-state index is 0.0486. The molecule has 0 bridgehead atoms. The lowest BCUT2D eigenvalue weighted by atomic mass is 10.1. The van der Waals surface area contributed by atoms with Crippen molar-refractivity contribution in [1.82, 2.24) is 10.2 Å². The molecule has 0 heterocycles. The molecule has 0 spiro atoms. The molecule has 2 unspecified atom stereocenters. The van der Waals surface area contributed by atoms with Gasteiger partial charge in [-0.3, -0.25) is 4.79 Å².